The maximum absolute atomic E-state index is 17.3. The zero-order valence-electron chi connectivity index (χ0n) is 31.4. The summed E-state index contributed by atoms with van der Waals surface area (Å²) in [5, 5.41) is 13.3. The predicted octanol–water partition coefficient (Wildman–Crippen LogP) is 11.1. The highest BCUT2D eigenvalue weighted by Gasteiger charge is 2.44. The highest BCUT2D eigenvalue weighted by atomic mass is 19.1. The Hall–Kier alpha value is -6.65. The molecule has 0 fully saturated rings. The second-order valence-corrected chi connectivity index (χ2v) is 13.6. The van der Waals surface area contributed by atoms with Gasteiger partial charge < -0.3 is 19.4 Å². The van der Waals surface area contributed by atoms with E-state index in [1.165, 1.54) is 0 Å². The fourth-order valence-electron chi connectivity index (χ4n) is 7.42. The largest absolute Gasteiger partial charge is 0.494 e. The summed E-state index contributed by atoms with van der Waals surface area (Å²) in [5.41, 5.74) is 6.05. The molecule has 6 nitrogen and oxygen atoms in total. The first kappa shape index (κ1) is 36.7. The summed E-state index contributed by atoms with van der Waals surface area (Å²) in [4.78, 5) is 5.54. The molecule has 0 saturated carbocycles. The number of halogens is 1. The second kappa shape index (κ2) is 16.2. The minimum absolute atomic E-state index is 0.0844. The quantitative estimate of drug-likeness (QED) is 0.120. The number of anilines is 1. The molecule has 0 bridgehead atoms. The lowest BCUT2D eigenvalue weighted by molar-refractivity contribution is 0.228. The molecule has 1 unspecified atom stereocenters. The van der Waals surface area contributed by atoms with Gasteiger partial charge in [-0.1, -0.05) is 121 Å². The topological polar surface area (TPSA) is 72.1 Å². The Balaban J connectivity index is 1.65. The molecule has 1 heterocycles. The molecule has 0 spiro atoms. The maximum atomic E-state index is 17.3. The molecule has 0 radical (unpaired) electrons. The monoisotopic (exact) mass is 726 g/mol. The van der Waals surface area contributed by atoms with Gasteiger partial charge in [0.05, 0.1) is 30.0 Å². The van der Waals surface area contributed by atoms with Gasteiger partial charge >= 0.3 is 0 Å². The van der Waals surface area contributed by atoms with E-state index in [9.17, 15) is 5.26 Å². The van der Waals surface area contributed by atoms with Crippen LogP contribution in [0.5, 0.6) is 11.5 Å². The Labute approximate surface area is 322 Å². The van der Waals surface area contributed by atoms with E-state index >= 15 is 4.39 Å². The van der Waals surface area contributed by atoms with Crippen LogP contribution in [0.2, 0.25) is 0 Å². The van der Waals surface area contributed by atoms with Crippen molar-refractivity contribution in [2.24, 2.45) is 0 Å². The third kappa shape index (κ3) is 7.19. The van der Waals surface area contributed by atoms with Crippen LogP contribution in [0.1, 0.15) is 66.1 Å². The number of nitrogens with one attached hydrogen (secondary N) is 1. The summed E-state index contributed by atoms with van der Waals surface area (Å²) in [6.07, 6.45) is -0.292. The van der Waals surface area contributed by atoms with Crippen LogP contribution in [0.3, 0.4) is 0 Å². The molecular formula is C48H43FN4O2. The number of benzene rings is 6. The van der Waals surface area contributed by atoms with Gasteiger partial charge in [0.15, 0.2) is 11.6 Å². The minimum atomic E-state index is -0.987. The number of rotatable bonds is 13. The Kier molecular flexibility index (Phi) is 10.8. The average Bonchev–Trinajstić information content (AvgIpc) is 3.56. The molecule has 6 aromatic carbocycles. The molecule has 0 amide bonds. The zero-order valence-corrected chi connectivity index (χ0v) is 31.4. The van der Waals surface area contributed by atoms with Crippen molar-refractivity contribution in [1.82, 2.24) is 9.55 Å². The van der Waals surface area contributed by atoms with Crippen LogP contribution in [0.25, 0.3) is 11.3 Å². The summed E-state index contributed by atoms with van der Waals surface area (Å²) < 4.78 is 31.8. The van der Waals surface area contributed by atoms with E-state index in [2.05, 4.69) is 59.3 Å². The number of ether oxygens (including phenoxy) is 2. The van der Waals surface area contributed by atoms with Crippen molar-refractivity contribution in [2.45, 2.75) is 45.4 Å². The molecule has 55 heavy (non-hydrogen) atoms. The van der Waals surface area contributed by atoms with Gasteiger partial charge in [0.1, 0.15) is 23.2 Å². The molecule has 0 aliphatic carbocycles. The van der Waals surface area contributed by atoms with E-state index in [1.807, 2.05) is 118 Å². The van der Waals surface area contributed by atoms with Crippen LogP contribution in [-0.4, -0.2) is 22.3 Å². The average molecular weight is 727 g/mol. The summed E-state index contributed by atoms with van der Waals surface area (Å²) in [6, 6.07) is 53.1. The molecule has 7 aromatic rings. The van der Waals surface area contributed by atoms with E-state index in [0.29, 0.717) is 35.0 Å². The molecule has 7 rings (SSSR count). The van der Waals surface area contributed by atoms with Crippen LogP contribution >= 0.6 is 0 Å². The van der Waals surface area contributed by atoms with Gasteiger partial charge in [-0.3, -0.25) is 0 Å². The molecule has 0 aliphatic rings. The van der Waals surface area contributed by atoms with Gasteiger partial charge in [-0.15, -0.1) is 0 Å². The number of nitrogens with zero attached hydrogens (tertiary/aromatic N) is 3. The van der Waals surface area contributed by atoms with E-state index in [1.54, 1.807) is 24.3 Å². The maximum Gasteiger partial charge on any atom is 0.171 e. The molecule has 274 valence electrons. The van der Waals surface area contributed by atoms with Gasteiger partial charge in [0.25, 0.3) is 0 Å². The first-order valence-corrected chi connectivity index (χ1v) is 18.6. The van der Waals surface area contributed by atoms with Crippen molar-refractivity contribution in [1.29, 1.82) is 5.26 Å². The van der Waals surface area contributed by atoms with Crippen molar-refractivity contribution in [3.8, 4) is 28.8 Å². The van der Waals surface area contributed by atoms with Crippen LogP contribution < -0.4 is 14.8 Å². The van der Waals surface area contributed by atoms with Crippen LogP contribution in [0.15, 0.2) is 158 Å². The number of hydrogen-bond donors (Lipinski definition) is 1. The third-order valence-electron chi connectivity index (χ3n) is 9.70. The van der Waals surface area contributed by atoms with E-state index in [4.69, 9.17) is 14.5 Å². The molecule has 0 saturated heterocycles. The molecule has 7 heteroatoms. The molecule has 1 aromatic heterocycles. The van der Waals surface area contributed by atoms with Gasteiger partial charge in [0.2, 0.25) is 0 Å². The first-order chi connectivity index (χ1) is 26.8. The van der Waals surface area contributed by atoms with Crippen molar-refractivity contribution in [3.05, 3.63) is 203 Å². The van der Waals surface area contributed by atoms with Gasteiger partial charge in [-0.25, -0.2) is 9.37 Å². The van der Waals surface area contributed by atoms with E-state index in [-0.39, 0.29) is 11.9 Å². The molecular weight excluding hydrogens is 684 g/mol. The molecule has 1 atom stereocenters. The highest BCUT2D eigenvalue weighted by molar-refractivity contribution is 5.65. The van der Waals surface area contributed by atoms with Crippen molar-refractivity contribution < 1.29 is 13.9 Å². The number of imidazole rings is 1. The standard InChI is InChI=1S/C48H43FN4O2/c1-5-54-41-30-42(44(49)43(31-41)55-33(2)3)46(51-40-28-26-35(32-50)27-29-40)47-52-45(36-18-10-6-11-19-36)34(4)53(47)48(37-20-12-7-13-21-37,38-22-14-8-15-23-38)39-24-16-9-17-25-39/h6-31,33,46,51H,5H2,1-4H3. The lowest BCUT2D eigenvalue weighted by Crippen LogP contribution is -2.41. The minimum Gasteiger partial charge on any atom is -0.494 e. The third-order valence-corrected chi connectivity index (χ3v) is 9.70. The Morgan fingerprint density at radius 1 is 0.764 bits per heavy atom. The zero-order chi connectivity index (χ0) is 38.4. The first-order valence-electron chi connectivity index (χ1n) is 18.6. The van der Waals surface area contributed by atoms with Crippen LogP contribution in [-0.2, 0) is 5.54 Å². The SMILES string of the molecule is CCOc1cc(OC(C)C)c(F)c(C(Nc2ccc(C#N)cc2)c2nc(-c3ccccc3)c(C)n2C(c2ccccc2)(c2ccccc2)c2ccccc2)c1. The number of aromatic nitrogens is 2. The van der Waals surface area contributed by atoms with E-state index in [0.717, 1.165) is 33.6 Å². The smallest absolute Gasteiger partial charge is 0.171 e. The van der Waals surface area contributed by atoms with Crippen molar-refractivity contribution >= 4 is 5.69 Å². The van der Waals surface area contributed by atoms with Gasteiger partial charge in [-0.05, 0) is 74.7 Å². The summed E-state index contributed by atoms with van der Waals surface area (Å²) >= 11 is 0. The summed E-state index contributed by atoms with van der Waals surface area (Å²) in [5.74, 6) is 0.586. The summed E-state index contributed by atoms with van der Waals surface area (Å²) in [7, 11) is 0. The lowest BCUT2D eigenvalue weighted by atomic mass is 9.76. The number of hydrogen-bond acceptors (Lipinski definition) is 5. The fourth-order valence-corrected chi connectivity index (χ4v) is 7.42. The van der Waals surface area contributed by atoms with E-state index < -0.39 is 17.4 Å². The highest BCUT2D eigenvalue weighted by Crippen LogP contribution is 2.47. The fraction of sp³-hybridized carbons (Fsp3) is 0.167. The Morgan fingerprint density at radius 3 is 1.78 bits per heavy atom. The molecule has 1 N–H and O–H groups in total. The predicted molar refractivity (Wildman–Crippen MR) is 217 cm³/mol. The van der Waals surface area contributed by atoms with Crippen molar-refractivity contribution in [2.75, 3.05) is 11.9 Å². The second-order valence-electron chi connectivity index (χ2n) is 13.6. The Morgan fingerprint density at radius 2 is 1.29 bits per heavy atom. The number of nitriles is 1. The lowest BCUT2D eigenvalue weighted by Gasteiger charge is -2.40. The molecule has 0 aliphatic heterocycles. The Bertz CT molecular complexity index is 2290. The van der Waals surface area contributed by atoms with Crippen LogP contribution in [0.4, 0.5) is 10.1 Å². The van der Waals surface area contributed by atoms with Gasteiger partial charge in [-0.2, -0.15) is 5.26 Å². The van der Waals surface area contributed by atoms with Crippen molar-refractivity contribution in [3.63, 3.8) is 0 Å². The summed E-state index contributed by atoms with van der Waals surface area (Å²) in [6.45, 7) is 8.10. The normalized spacial score (nSPS) is 11.9. The van der Waals surface area contributed by atoms with Crippen LogP contribution in [0, 0.1) is 24.1 Å². The van der Waals surface area contributed by atoms with Gasteiger partial charge in [0, 0.05) is 28.6 Å².